The molecule has 0 aromatic heterocycles. The lowest BCUT2D eigenvalue weighted by Crippen LogP contribution is -2.10. The van der Waals surface area contributed by atoms with Gasteiger partial charge in [-0.3, -0.25) is 0 Å². The Morgan fingerprint density at radius 1 is 1.50 bits per heavy atom. The Bertz CT molecular complexity index is 270. The van der Waals surface area contributed by atoms with Crippen LogP contribution >= 0.6 is 27.7 Å². The Morgan fingerprint density at radius 3 is 2.83 bits per heavy atom. The van der Waals surface area contributed by atoms with Crippen molar-refractivity contribution in [1.29, 1.82) is 0 Å². The molecule has 1 rings (SSSR count). The summed E-state index contributed by atoms with van der Waals surface area (Å²) in [6.45, 7) is -0.0274. The minimum absolute atomic E-state index is 0.0274. The molecular formula is C7H8BrClN2O. The SMILES string of the molecule is OCc1cc(Br)ccc1NNCl. The van der Waals surface area contributed by atoms with Gasteiger partial charge in [0.25, 0.3) is 0 Å². The molecule has 0 fully saturated rings. The van der Waals surface area contributed by atoms with Crippen LogP contribution in [0.3, 0.4) is 0 Å². The van der Waals surface area contributed by atoms with Gasteiger partial charge >= 0.3 is 0 Å². The van der Waals surface area contributed by atoms with Gasteiger partial charge in [0.15, 0.2) is 0 Å². The quantitative estimate of drug-likeness (QED) is 0.569. The van der Waals surface area contributed by atoms with Crippen molar-refractivity contribution in [3.63, 3.8) is 0 Å². The smallest absolute Gasteiger partial charge is 0.0702 e. The van der Waals surface area contributed by atoms with Crippen LogP contribution in [0.1, 0.15) is 5.56 Å². The van der Waals surface area contributed by atoms with Gasteiger partial charge in [-0.1, -0.05) is 15.9 Å². The summed E-state index contributed by atoms with van der Waals surface area (Å²) in [5.41, 5.74) is 4.22. The average molecular weight is 252 g/mol. The topological polar surface area (TPSA) is 44.3 Å². The number of aliphatic hydroxyl groups is 1. The van der Waals surface area contributed by atoms with Crippen LogP contribution in [0.2, 0.25) is 0 Å². The first-order chi connectivity index (χ1) is 5.77. The third-order valence-electron chi connectivity index (χ3n) is 1.42. The van der Waals surface area contributed by atoms with Crippen molar-refractivity contribution in [1.82, 2.24) is 4.94 Å². The summed E-state index contributed by atoms with van der Waals surface area (Å²) in [4.78, 5) is 2.27. The Labute approximate surface area is 83.9 Å². The van der Waals surface area contributed by atoms with Crippen LogP contribution in [0, 0.1) is 0 Å². The van der Waals surface area contributed by atoms with E-state index in [4.69, 9.17) is 16.9 Å². The first kappa shape index (κ1) is 9.80. The average Bonchev–Trinajstić information content (AvgIpc) is 2.08. The maximum atomic E-state index is 8.94. The fraction of sp³-hybridized carbons (Fsp3) is 0.143. The number of hydrogen-bond acceptors (Lipinski definition) is 3. The maximum Gasteiger partial charge on any atom is 0.0702 e. The molecule has 0 atom stereocenters. The summed E-state index contributed by atoms with van der Waals surface area (Å²) in [5, 5.41) is 8.94. The third kappa shape index (κ3) is 2.35. The molecule has 0 saturated carbocycles. The van der Waals surface area contributed by atoms with Crippen molar-refractivity contribution >= 4 is 33.4 Å². The van der Waals surface area contributed by atoms with E-state index in [1.165, 1.54) is 0 Å². The summed E-state index contributed by atoms with van der Waals surface area (Å²) in [7, 11) is 0. The van der Waals surface area contributed by atoms with E-state index in [2.05, 4.69) is 26.3 Å². The molecule has 0 bridgehead atoms. The molecule has 3 nitrogen and oxygen atoms in total. The number of rotatable bonds is 3. The second-order valence-corrected chi connectivity index (χ2v) is 3.28. The van der Waals surface area contributed by atoms with Crippen LogP contribution in [-0.2, 0) is 6.61 Å². The predicted molar refractivity (Wildman–Crippen MR) is 52.7 cm³/mol. The van der Waals surface area contributed by atoms with Crippen molar-refractivity contribution in [2.75, 3.05) is 5.43 Å². The van der Waals surface area contributed by atoms with E-state index in [0.717, 1.165) is 15.7 Å². The molecule has 1 aromatic rings. The number of benzene rings is 1. The number of hydrogen-bond donors (Lipinski definition) is 3. The van der Waals surface area contributed by atoms with Crippen LogP contribution in [0.4, 0.5) is 5.69 Å². The molecule has 66 valence electrons. The lowest BCUT2D eigenvalue weighted by molar-refractivity contribution is 0.282. The monoisotopic (exact) mass is 250 g/mol. The predicted octanol–water partition coefficient (Wildman–Crippen LogP) is 2.01. The minimum Gasteiger partial charge on any atom is -0.392 e. The molecule has 0 aliphatic carbocycles. The van der Waals surface area contributed by atoms with Gasteiger partial charge in [-0.15, -0.1) is 4.94 Å². The van der Waals surface area contributed by atoms with Crippen molar-refractivity contribution in [3.8, 4) is 0 Å². The lowest BCUT2D eigenvalue weighted by Gasteiger charge is -2.07. The zero-order valence-electron chi connectivity index (χ0n) is 6.14. The van der Waals surface area contributed by atoms with E-state index >= 15 is 0 Å². The number of halogens is 2. The summed E-state index contributed by atoms with van der Waals surface area (Å²) >= 11 is 8.55. The highest BCUT2D eigenvalue weighted by molar-refractivity contribution is 9.10. The van der Waals surface area contributed by atoms with Gasteiger partial charge in [-0.25, -0.2) is 0 Å². The Morgan fingerprint density at radius 2 is 2.25 bits per heavy atom. The summed E-state index contributed by atoms with van der Waals surface area (Å²) in [6.07, 6.45) is 0. The highest BCUT2D eigenvalue weighted by Crippen LogP contribution is 2.20. The molecule has 0 radical (unpaired) electrons. The fourth-order valence-electron chi connectivity index (χ4n) is 0.866. The Kier molecular flexibility index (Phi) is 3.81. The summed E-state index contributed by atoms with van der Waals surface area (Å²) in [5.74, 6) is 0. The van der Waals surface area contributed by atoms with Crippen LogP contribution in [-0.4, -0.2) is 5.11 Å². The van der Waals surface area contributed by atoms with Gasteiger partial charge in [-0.05, 0) is 30.0 Å². The number of anilines is 1. The van der Waals surface area contributed by atoms with E-state index in [1.807, 2.05) is 18.2 Å². The van der Waals surface area contributed by atoms with E-state index in [9.17, 15) is 0 Å². The number of aliphatic hydroxyl groups excluding tert-OH is 1. The molecule has 0 spiro atoms. The minimum atomic E-state index is -0.0274. The summed E-state index contributed by atoms with van der Waals surface area (Å²) in [6, 6.07) is 5.48. The largest absolute Gasteiger partial charge is 0.392 e. The molecule has 1 aromatic carbocycles. The van der Waals surface area contributed by atoms with Gasteiger partial charge in [0, 0.05) is 10.0 Å². The molecule has 12 heavy (non-hydrogen) atoms. The van der Waals surface area contributed by atoms with Gasteiger partial charge in [0.2, 0.25) is 0 Å². The van der Waals surface area contributed by atoms with Gasteiger partial charge < -0.3 is 10.5 Å². The molecule has 3 N–H and O–H groups in total. The number of nitrogens with one attached hydrogen (secondary N) is 2. The van der Waals surface area contributed by atoms with Crippen LogP contribution in [0.5, 0.6) is 0 Å². The van der Waals surface area contributed by atoms with E-state index < -0.39 is 0 Å². The number of hydrazine groups is 1. The van der Waals surface area contributed by atoms with Crippen molar-refractivity contribution in [3.05, 3.63) is 28.2 Å². The van der Waals surface area contributed by atoms with E-state index in [1.54, 1.807) is 0 Å². The van der Waals surface area contributed by atoms with Crippen molar-refractivity contribution in [2.45, 2.75) is 6.61 Å². The second kappa shape index (κ2) is 4.67. The van der Waals surface area contributed by atoms with E-state index in [0.29, 0.717) is 0 Å². The summed E-state index contributed by atoms with van der Waals surface area (Å²) < 4.78 is 0.923. The first-order valence-electron chi connectivity index (χ1n) is 3.29. The highest BCUT2D eigenvalue weighted by Gasteiger charge is 2.00. The molecule has 5 heteroatoms. The zero-order valence-corrected chi connectivity index (χ0v) is 8.48. The molecular weight excluding hydrogens is 243 g/mol. The molecule has 0 amide bonds. The zero-order chi connectivity index (χ0) is 8.97. The van der Waals surface area contributed by atoms with Crippen LogP contribution in [0.25, 0.3) is 0 Å². The normalized spacial score (nSPS) is 9.92. The standard InChI is InChI=1S/C7H8BrClN2O/c8-6-1-2-7(10-11-9)5(3-6)4-12/h1-3,10-12H,4H2. The van der Waals surface area contributed by atoms with Gasteiger partial charge in [0.05, 0.1) is 12.3 Å². The van der Waals surface area contributed by atoms with Crippen LogP contribution < -0.4 is 10.4 Å². The molecule has 0 unspecified atom stereocenters. The fourth-order valence-corrected chi connectivity index (χ4v) is 1.38. The lowest BCUT2D eigenvalue weighted by atomic mass is 10.2. The molecule has 0 saturated heterocycles. The first-order valence-corrected chi connectivity index (χ1v) is 4.46. The van der Waals surface area contributed by atoms with Gasteiger partial charge in [-0.2, -0.15) is 0 Å². The van der Waals surface area contributed by atoms with Gasteiger partial charge in [0.1, 0.15) is 0 Å². The Hall–Kier alpha value is -0.290. The van der Waals surface area contributed by atoms with Crippen molar-refractivity contribution in [2.24, 2.45) is 0 Å². The van der Waals surface area contributed by atoms with Crippen molar-refractivity contribution < 1.29 is 5.11 Å². The van der Waals surface area contributed by atoms with Crippen LogP contribution in [0.15, 0.2) is 22.7 Å². The second-order valence-electron chi connectivity index (χ2n) is 2.18. The molecule has 0 aliphatic heterocycles. The molecule has 0 aliphatic rings. The molecule has 0 heterocycles. The maximum absolute atomic E-state index is 8.94. The third-order valence-corrected chi connectivity index (χ3v) is 2.01. The Balaban J connectivity index is 2.94. The van der Waals surface area contributed by atoms with E-state index in [-0.39, 0.29) is 6.61 Å². The highest BCUT2D eigenvalue weighted by atomic mass is 79.9.